The van der Waals surface area contributed by atoms with Gasteiger partial charge in [-0.15, -0.1) is 12.7 Å². The molecule has 0 saturated carbocycles. The van der Waals surface area contributed by atoms with E-state index in [4.69, 9.17) is 0 Å². The van der Waals surface area contributed by atoms with E-state index in [0.717, 1.165) is 20.1 Å². The van der Waals surface area contributed by atoms with Crippen LogP contribution >= 0.6 is 15.0 Å². The molecule has 0 aromatic carbocycles. The van der Waals surface area contributed by atoms with Crippen molar-refractivity contribution in [1.29, 1.82) is 0 Å². The van der Waals surface area contributed by atoms with Crippen LogP contribution in [0.1, 0.15) is 59.9 Å². The normalized spacial score (nSPS) is 14.5. The summed E-state index contributed by atoms with van der Waals surface area (Å²) in [6, 6.07) is 0. The van der Waals surface area contributed by atoms with Crippen molar-refractivity contribution in [2.24, 2.45) is 20.0 Å². The smallest absolute Gasteiger partial charge is 0.133 e. The van der Waals surface area contributed by atoms with Crippen LogP contribution in [0.4, 0.5) is 0 Å². The summed E-state index contributed by atoms with van der Waals surface area (Å²) in [6.45, 7) is 17.7. The molecular formula is C21H35N4O4P2VW2Y3-5. The van der Waals surface area contributed by atoms with Crippen LogP contribution in [-0.4, -0.2) is 19.0 Å². The molecule has 16 heteroatoms. The number of hydrogen-bond donors (Lipinski definition) is 0. The van der Waals surface area contributed by atoms with Crippen molar-refractivity contribution in [3.63, 3.8) is 0 Å². The first-order valence-electron chi connectivity index (χ1n) is 10.0. The Bertz CT molecular complexity index is 1010. The van der Waals surface area contributed by atoms with Gasteiger partial charge in [-0.05, 0) is 6.92 Å². The number of hydrogen-bond acceptors (Lipinski definition) is 4. The second-order valence-electron chi connectivity index (χ2n) is 9.89. The molecule has 0 saturated heterocycles. The zero-order valence-corrected chi connectivity index (χ0v) is 40.9. The molecule has 2 heterocycles. The van der Waals surface area contributed by atoms with Crippen LogP contribution in [0.25, 0.3) is 0 Å². The summed E-state index contributed by atoms with van der Waals surface area (Å²) in [6.07, 6.45) is 11.8. The molecule has 0 fully saturated rings. The van der Waals surface area contributed by atoms with Crippen LogP contribution in [0.5, 0.6) is 0 Å². The largest absolute Gasteiger partial charge is 0.768 e. The van der Waals surface area contributed by atoms with E-state index >= 15 is 0 Å². The van der Waals surface area contributed by atoms with Crippen molar-refractivity contribution in [2.45, 2.75) is 72.1 Å². The third-order valence-electron chi connectivity index (χ3n) is 4.66. The van der Waals surface area contributed by atoms with Crippen molar-refractivity contribution < 1.29 is 187 Å². The Morgan fingerprint density at radius 2 is 1.19 bits per heavy atom. The molecule has 0 N–H and O–H groups in total. The Labute approximate surface area is 340 Å². The summed E-state index contributed by atoms with van der Waals surface area (Å²) < 4.78 is 29.6. The third-order valence-corrected chi connectivity index (χ3v) is 9.49. The fourth-order valence-corrected chi connectivity index (χ4v) is 4.48. The van der Waals surface area contributed by atoms with Gasteiger partial charge in [-0.25, -0.2) is 0 Å². The zero-order chi connectivity index (χ0) is 24.6. The van der Waals surface area contributed by atoms with Gasteiger partial charge in [-0.3, -0.25) is 21.5 Å². The zero-order valence-electron chi connectivity index (χ0n) is 23.3. The molecule has 0 bridgehead atoms. The Morgan fingerprint density at radius 3 is 1.46 bits per heavy atom. The summed E-state index contributed by atoms with van der Waals surface area (Å²) in [4.78, 5) is 24.1. The van der Waals surface area contributed by atoms with E-state index < -0.39 is 25.4 Å². The topological polar surface area (TPSA) is 97.9 Å². The fourth-order valence-electron chi connectivity index (χ4n) is 2.26. The minimum absolute atomic E-state index is 0. The summed E-state index contributed by atoms with van der Waals surface area (Å²) in [5.74, 6) is 0.211. The average Bonchev–Trinajstić information content (AvgIpc) is 3.09. The van der Waals surface area contributed by atoms with E-state index in [0.29, 0.717) is 6.42 Å². The first-order valence-corrected chi connectivity index (χ1v) is 13.2. The molecule has 204 valence electrons. The van der Waals surface area contributed by atoms with E-state index in [1.807, 2.05) is 6.92 Å². The van der Waals surface area contributed by atoms with Crippen LogP contribution in [0, 0.1) is 44.8 Å². The number of rotatable bonds is 4. The van der Waals surface area contributed by atoms with Gasteiger partial charge in [0.15, 0.2) is 0 Å². The molecule has 0 aliphatic heterocycles. The SMILES string of the molecule is Cc1[c-]n(P(=O)([O-])C(C)(C)C)[c-][n+]1C.[CH2-]C(C)Cc1[c-]n(P(=O)([O-])C(C)(C)C)[c-][n+]1C.[V].[W].[W].[Y].[Y].[Y]. The minimum Gasteiger partial charge on any atom is -0.768 e. The van der Waals surface area contributed by atoms with Crippen molar-refractivity contribution in [1.82, 2.24) is 8.68 Å². The average molecular weight is 1150 g/mol. The second-order valence-corrected chi connectivity index (χ2v) is 15.5. The molecule has 2 aromatic rings. The maximum atomic E-state index is 12.2. The molecular weight excluding hydrogens is 1120 g/mol. The van der Waals surface area contributed by atoms with Gasteiger partial charge in [0.25, 0.3) is 0 Å². The fraction of sp³-hybridized carbons (Fsp3) is 0.667. The van der Waals surface area contributed by atoms with E-state index in [2.05, 4.69) is 32.0 Å². The third kappa shape index (κ3) is 15.1. The standard InChI is InChI=1S/C12H21N2O2P.C9H16N2O2P.V.2W.3Y/c1-10(2)7-11-8-14(9-13(11)6)17(15,16)12(3,4)5;1-8-6-11(7-10(8)5)14(12,13)9(2,3)4;;;;;;/h10H,1,7H2,2-6H3,(H,15,16);1-5H3,(H,12,13);;;;;;/q-2;-1;;;;;;/p-2. The maximum absolute atomic E-state index is 12.2. The number of nitrogens with zero attached hydrogens (tertiary/aromatic N) is 4. The molecule has 4 radical (unpaired) electrons. The van der Waals surface area contributed by atoms with E-state index in [9.17, 15) is 18.9 Å². The second kappa shape index (κ2) is 20.9. The van der Waals surface area contributed by atoms with Gasteiger partial charge in [0, 0.05) is 183 Å². The van der Waals surface area contributed by atoms with E-state index in [1.54, 1.807) is 71.7 Å². The van der Waals surface area contributed by atoms with Gasteiger partial charge >= 0.3 is 0 Å². The van der Waals surface area contributed by atoms with Gasteiger partial charge in [-0.2, -0.15) is 5.92 Å². The molecule has 0 aliphatic carbocycles. The summed E-state index contributed by atoms with van der Waals surface area (Å²) in [5.41, 5.74) is 1.54. The van der Waals surface area contributed by atoms with Gasteiger partial charge < -0.3 is 34.5 Å². The van der Waals surface area contributed by atoms with Crippen LogP contribution in [-0.2, 0) is 188 Å². The number of aryl methyl sites for hydroxylation is 3. The van der Waals surface area contributed by atoms with Crippen molar-refractivity contribution in [3.05, 3.63) is 43.4 Å². The predicted molar refractivity (Wildman–Crippen MR) is 115 cm³/mol. The monoisotopic (exact) mass is 1150 g/mol. The quantitative estimate of drug-likeness (QED) is 0.264. The summed E-state index contributed by atoms with van der Waals surface area (Å²) in [7, 11) is -3.95. The van der Waals surface area contributed by atoms with Crippen LogP contribution in [0.3, 0.4) is 0 Å². The molecule has 3 unspecified atom stereocenters. The molecule has 3 atom stereocenters. The molecule has 0 spiro atoms. The minimum atomic E-state index is -3.76. The van der Waals surface area contributed by atoms with Gasteiger partial charge in [0.1, 0.15) is 15.0 Å². The molecule has 0 amide bonds. The van der Waals surface area contributed by atoms with Gasteiger partial charge in [0.05, 0.1) is 0 Å². The van der Waals surface area contributed by atoms with Crippen LogP contribution < -0.4 is 18.9 Å². The Kier molecular flexibility index (Phi) is 30.3. The Morgan fingerprint density at radius 1 is 0.865 bits per heavy atom. The van der Waals surface area contributed by atoms with E-state index in [-0.39, 0.29) is 165 Å². The molecule has 0 aliphatic rings. The Balaban J connectivity index is -0.000000113. The molecule has 2 aromatic heterocycles. The first kappa shape index (κ1) is 53.6. The molecule has 37 heavy (non-hydrogen) atoms. The van der Waals surface area contributed by atoms with Crippen LogP contribution in [0.15, 0.2) is 0 Å². The molecule has 8 nitrogen and oxygen atoms in total. The van der Waals surface area contributed by atoms with Gasteiger partial charge in [-0.1, -0.05) is 66.3 Å². The first-order chi connectivity index (χ1) is 13.7. The summed E-state index contributed by atoms with van der Waals surface area (Å²) in [5, 5.41) is -1.64. The van der Waals surface area contributed by atoms with E-state index in [1.165, 1.54) is 0 Å². The van der Waals surface area contributed by atoms with Gasteiger partial charge in [0.2, 0.25) is 0 Å². The van der Waals surface area contributed by atoms with Crippen molar-refractivity contribution >= 4 is 15.0 Å². The van der Waals surface area contributed by atoms with Crippen molar-refractivity contribution in [2.75, 3.05) is 0 Å². The van der Waals surface area contributed by atoms with Crippen molar-refractivity contribution in [3.8, 4) is 0 Å². The summed E-state index contributed by atoms with van der Waals surface area (Å²) >= 11 is 0. The predicted octanol–water partition coefficient (Wildman–Crippen LogP) is 1.53. The maximum Gasteiger partial charge on any atom is 0.133 e. The molecule has 2 rings (SSSR count). The number of imidazole rings is 2. The Hall–Kier alpha value is 4.07. The number of aromatic nitrogens is 4. The van der Waals surface area contributed by atoms with Crippen LogP contribution in [0.2, 0.25) is 0 Å².